The van der Waals surface area contributed by atoms with E-state index < -0.39 is 6.04 Å². The summed E-state index contributed by atoms with van der Waals surface area (Å²) in [5.41, 5.74) is 1.78. The van der Waals surface area contributed by atoms with E-state index in [1.807, 2.05) is 67.6 Å². The summed E-state index contributed by atoms with van der Waals surface area (Å²) in [6.07, 6.45) is 0.335. The van der Waals surface area contributed by atoms with Crippen LogP contribution in [-0.4, -0.2) is 37.0 Å². The minimum absolute atomic E-state index is 0.0652. The second kappa shape index (κ2) is 10.4. The van der Waals surface area contributed by atoms with Gasteiger partial charge in [-0.05, 0) is 11.1 Å². The number of carbonyl (C=O) groups is 2. The minimum atomic E-state index is -0.680. The van der Waals surface area contributed by atoms with Crippen LogP contribution in [0.15, 0.2) is 60.7 Å². The molecule has 5 heteroatoms. The molecule has 0 aliphatic carbocycles. The number of methoxy groups -OCH3 is 1. The van der Waals surface area contributed by atoms with Gasteiger partial charge in [-0.2, -0.15) is 0 Å². The summed E-state index contributed by atoms with van der Waals surface area (Å²) in [6.45, 7) is 3.02. The molecule has 0 aromatic heterocycles. The van der Waals surface area contributed by atoms with Crippen LogP contribution in [0.5, 0.6) is 0 Å². The molecule has 0 saturated heterocycles. The monoisotopic (exact) mass is 354 g/mol. The fourth-order valence-corrected chi connectivity index (χ4v) is 2.79. The molecule has 0 radical (unpaired) electrons. The van der Waals surface area contributed by atoms with Crippen molar-refractivity contribution < 1.29 is 14.3 Å². The molecular weight excluding hydrogens is 328 g/mol. The number of nitrogens with one attached hydrogen (secondary N) is 1. The molecular formula is C21H26N2O3. The van der Waals surface area contributed by atoms with Gasteiger partial charge >= 0.3 is 0 Å². The van der Waals surface area contributed by atoms with Crippen LogP contribution >= 0.6 is 0 Å². The third-order valence-corrected chi connectivity index (χ3v) is 4.10. The highest BCUT2D eigenvalue weighted by Crippen LogP contribution is 2.24. The van der Waals surface area contributed by atoms with E-state index >= 15 is 0 Å². The average molecular weight is 354 g/mol. The summed E-state index contributed by atoms with van der Waals surface area (Å²) >= 11 is 0. The smallest absolute Gasteiger partial charge is 0.247 e. The van der Waals surface area contributed by atoms with Crippen molar-refractivity contribution in [2.75, 3.05) is 20.3 Å². The van der Waals surface area contributed by atoms with Crippen LogP contribution in [0.1, 0.15) is 30.5 Å². The molecule has 1 N–H and O–H groups in total. The number of benzene rings is 2. The van der Waals surface area contributed by atoms with Gasteiger partial charge in [0.2, 0.25) is 11.8 Å². The molecule has 2 aromatic carbocycles. The number of rotatable bonds is 9. The molecule has 2 amide bonds. The quantitative estimate of drug-likeness (QED) is 0.705. The topological polar surface area (TPSA) is 58.6 Å². The van der Waals surface area contributed by atoms with E-state index in [-0.39, 0.29) is 11.8 Å². The predicted molar refractivity (Wildman–Crippen MR) is 101 cm³/mol. The lowest BCUT2D eigenvalue weighted by Gasteiger charge is -2.31. The lowest BCUT2D eigenvalue weighted by Crippen LogP contribution is -2.44. The second-order valence-electron chi connectivity index (χ2n) is 5.96. The first-order valence-corrected chi connectivity index (χ1v) is 8.82. The van der Waals surface area contributed by atoms with Crippen molar-refractivity contribution in [1.82, 2.24) is 10.2 Å². The third kappa shape index (κ3) is 5.43. The van der Waals surface area contributed by atoms with E-state index in [1.54, 1.807) is 12.0 Å². The van der Waals surface area contributed by atoms with E-state index in [4.69, 9.17) is 4.74 Å². The molecule has 0 fully saturated rings. The Morgan fingerprint density at radius 2 is 1.65 bits per heavy atom. The largest absolute Gasteiger partial charge is 0.383 e. The third-order valence-electron chi connectivity index (χ3n) is 4.10. The summed E-state index contributed by atoms with van der Waals surface area (Å²) in [5, 5.41) is 2.87. The lowest BCUT2D eigenvalue weighted by atomic mass is 10.0. The maximum absolute atomic E-state index is 12.9. The highest BCUT2D eigenvalue weighted by Gasteiger charge is 2.30. The fourth-order valence-electron chi connectivity index (χ4n) is 2.79. The maximum Gasteiger partial charge on any atom is 0.247 e. The van der Waals surface area contributed by atoms with Crippen molar-refractivity contribution in [3.05, 3.63) is 71.8 Å². The maximum atomic E-state index is 12.9. The summed E-state index contributed by atoms with van der Waals surface area (Å²) in [5.74, 6) is -0.268. The van der Waals surface area contributed by atoms with Gasteiger partial charge in [0.25, 0.3) is 0 Å². The normalized spacial score (nSPS) is 11.6. The Morgan fingerprint density at radius 3 is 2.23 bits per heavy atom. The Kier molecular flexibility index (Phi) is 7.83. The Balaban J connectivity index is 2.34. The van der Waals surface area contributed by atoms with Gasteiger partial charge in [0.15, 0.2) is 0 Å². The van der Waals surface area contributed by atoms with Crippen LogP contribution in [0.2, 0.25) is 0 Å². The van der Waals surface area contributed by atoms with Gasteiger partial charge in [-0.25, -0.2) is 0 Å². The molecule has 26 heavy (non-hydrogen) atoms. The van der Waals surface area contributed by atoms with Gasteiger partial charge in [0.1, 0.15) is 6.04 Å². The van der Waals surface area contributed by atoms with Crippen LogP contribution in [-0.2, 0) is 20.9 Å². The van der Waals surface area contributed by atoms with Gasteiger partial charge < -0.3 is 15.0 Å². The van der Waals surface area contributed by atoms with Crippen LogP contribution in [0.3, 0.4) is 0 Å². The first-order chi connectivity index (χ1) is 12.7. The zero-order chi connectivity index (χ0) is 18.8. The number of nitrogens with zero attached hydrogens (tertiary/aromatic N) is 1. The Bertz CT molecular complexity index is 689. The van der Waals surface area contributed by atoms with Crippen LogP contribution in [0.4, 0.5) is 0 Å². The van der Waals surface area contributed by atoms with E-state index in [0.29, 0.717) is 26.1 Å². The van der Waals surface area contributed by atoms with Crippen molar-refractivity contribution in [3.8, 4) is 0 Å². The summed E-state index contributed by atoms with van der Waals surface area (Å²) < 4.78 is 5.01. The van der Waals surface area contributed by atoms with Crippen molar-refractivity contribution in [3.63, 3.8) is 0 Å². The lowest BCUT2D eigenvalue weighted by molar-refractivity contribution is -0.141. The Labute approximate surface area is 155 Å². The predicted octanol–water partition coefficient (Wildman–Crippen LogP) is 2.93. The zero-order valence-electron chi connectivity index (χ0n) is 15.4. The van der Waals surface area contributed by atoms with Gasteiger partial charge in [-0.1, -0.05) is 67.6 Å². The number of hydrogen-bond acceptors (Lipinski definition) is 3. The van der Waals surface area contributed by atoms with E-state index in [1.165, 1.54) is 0 Å². The Morgan fingerprint density at radius 1 is 1.04 bits per heavy atom. The molecule has 0 heterocycles. The number of carbonyl (C=O) groups excluding carboxylic acids is 2. The molecule has 138 valence electrons. The molecule has 2 aromatic rings. The highest BCUT2D eigenvalue weighted by atomic mass is 16.5. The molecule has 1 atom stereocenters. The minimum Gasteiger partial charge on any atom is -0.383 e. The van der Waals surface area contributed by atoms with E-state index in [9.17, 15) is 9.59 Å². The van der Waals surface area contributed by atoms with E-state index in [2.05, 4.69) is 5.32 Å². The number of hydrogen-bond donors (Lipinski definition) is 1. The average Bonchev–Trinajstić information content (AvgIpc) is 2.68. The van der Waals surface area contributed by atoms with Crippen LogP contribution in [0.25, 0.3) is 0 Å². The molecule has 0 aliphatic heterocycles. The van der Waals surface area contributed by atoms with Crippen molar-refractivity contribution in [1.29, 1.82) is 0 Å². The van der Waals surface area contributed by atoms with Gasteiger partial charge in [0.05, 0.1) is 6.61 Å². The molecule has 0 spiro atoms. The molecule has 0 aliphatic rings. The molecule has 5 nitrogen and oxygen atoms in total. The molecule has 2 rings (SSSR count). The first-order valence-electron chi connectivity index (χ1n) is 8.82. The van der Waals surface area contributed by atoms with Crippen LogP contribution in [0, 0.1) is 0 Å². The summed E-state index contributed by atoms with van der Waals surface area (Å²) in [6, 6.07) is 18.4. The van der Waals surface area contributed by atoms with Gasteiger partial charge in [-0.3, -0.25) is 9.59 Å². The molecule has 0 bridgehead atoms. The van der Waals surface area contributed by atoms with Gasteiger partial charge in [0, 0.05) is 26.6 Å². The number of amides is 2. The SMILES string of the molecule is CCC(=O)N(Cc1ccccc1)[C@H](C(=O)NCCOC)c1ccccc1. The van der Waals surface area contributed by atoms with Crippen molar-refractivity contribution in [2.45, 2.75) is 25.9 Å². The molecule has 0 saturated carbocycles. The fraction of sp³-hybridized carbons (Fsp3) is 0.333. The standard InChI is InChI=1S/C21H26N2O3/c1-3-19(24)23(16-17-10-6-4-7-11-17)20(18-12-8-5-9-13-18)21(25)22-14-15-26-2/h4-13,20H,3,14-16H2,1-2H3,(H,22,25)/t20-/m0/s1. The van der Waals surface area contributed by atoms with Gasteiger partial charge in [-0.15, -0.1) is 0 Å². The number of ether oxygens (including phenoxy) is 1. The van der Waals surface area contributed by atoms with Crippen molar-refractivity contribution >= 4 is 11.8 Å². The van der Waals surface area contributed by atoms with Crippen LogP contribution < -0.4 is 5.32 Å². The summed E-state index contributed by atoms with van der Waals surface area (Å²) in [7, 11) is 1.59. The second-order valence-corrected chi connectivity index (χ2v) is 5.96. The van der Waals surface area contributed by atoms with Crippen molar-refractivity contribution in [2.24, 2.45) is 0 Å². The summed E-state index contributed by atoms with van der Waals surface area (Å²) in [4.78, 5) is 27.2. The Hall–Kier alpha value is -2.66. The first kappa shape index (κ1) is 19.7. The highest BCUT2D eigenvalue weighted by molar-refractivity contribution is 5.88. The molecule has 0 unspecified atom stereocenters. The zero-order valence-corrected chi connectivity index (χ0v) is 15.4. The van der Waals surface area contributed by atoms with E-state index in [0.717, 1.165) is 11.1 Å².